The first kappa shape index (κ1) is 14.0. The molecule has 0 aliphatic heterocycles. The number of benzene rings is 1. The summed E-state index contributed by atoms with van der Waals surface area (Å²) in [6, 6.07) is 2.97. The molecule has 1 aliphatic carbocycles. The van der Waals surface area contributed by atoms with Crippen LogP contribution in [0.15, 0.2) is 18.2 Å². The summed E-state index contributed by atoms with van der Waals surface area (Å²) in [5.41, 5.74) is 0.593. The first-order valence-corrected chi connectivity index (χ1v) is 6.19. The summed E-state index contributed by atoms with van der Waals surface area (Å²) < 4.78 is 0. The van der Waals surface area contributed by atoms with E-state index in [1.165, 1.54) is 18.2 Å². The summed E-state index contributed by atoms with van der Waals surface area (Å²) in [7, 11) is 0. The molecule has 0 bridgehead atoms. The molecule has 0 aromatic heterocycles. The van der Waals surface area contributed by atoms with Crippen LogP contribution in [0.1, 0.15) is 28.8 Å². The number of rotatable bonds is 5. The van der Waals surface area contributed by atoms with Crippen molar-refractivity contribution in [2.75, 3.05) is 0 Å². The number of amides is 1. The Morgan fingerprint density at radius 3 is 2.55 bits per heavy atom. The number of carboxylic acid groups (broad SMARTS) is 1. The van der Waals surface area contributed by atoms with Gasteiger partial charge in [-0.15, -0.1) is 0 Å². The molecule has 1 aromatic carbocycles. The lowest BCUT2D eigenvalue weighted by molar-refractivity contribution is -0.384. The molecular formula is C13H14N2O5. The van der Waals surface area contributed by atoms with Crippen molar-refractivity contribution in [2.45, 2.75) is 25.8 Å². The average molecular weight is 278 g/mol. The van der Waals surface area contributed by atoms with Crippen LogP contribution in [0.25, 0.3) is 0 Å². The molecule has 1 fully saturated rings. The van der Waals surface area contributed by atoms with Crippen molar-refractivity contribution in [3.8, 4) is 0 Å². The SMILES string of the molecule is Cc1cc([N+](=O)[O-])ccc1C(=O)NC(C(=O)O)C1CC1. The zero-order valence-electron chi connectivity index (χ0n) is 10.8. The first-order valence-electron chi connectivity index (χ1n) is 6.19. The van der Waals surface area contributed by atoms with Gasteiger partial charge in [-0.2, -0.15) is 0 Å². The lowest BCUT2D eigenvalue weighted by Gasteiger charge is -2.14. The maximum Gasteiger partial charge on any atom is 0.326 e. The predicted octanol–water partition coefficient (Wildman–Crippen LogP) is 1.50. The second-order valence-electron chi connectivity index (χ2n) is 4.88. The second-order valence-corrected chi connectivity index (χ2v) is 4.88. The summed E-state index contributed by atoms with van der Waals surface area (Å²) in [5, 5.41) is 22.2. The zero-order chi connectivity index (χ0) is 14.9. The first-order chi connectivity index (χ1) is 9.40. The minimum Gasteiger partial charge on any atom is -0.480 e. The maximum absolute atomic E-state index is 12.0. The van der Waals surface area contributed by atoms with E-state index in [1.807, 2.05) is 0 Å². The maximum atomic E-state index is 12.0. The molecule has 0 spiro atoms. The largest absolute Gasteiger partial charge is 0.480 e. The number of nitrogens with zero attached hydrogens (tertiary/aromatic N) is 1. The standard InChI is InChI=1S/C13H14N2O5/c1-7-6-9(15(19)20)4-5-10(7)12(16)14-11(13(17)18)8-2-3-8/h4-6,8,11H,2-3H2,1H3,(H,14,16)(H,17,18). The van der Waals surface area contributed by atoms with E-state index in [0.29, 0.717) is 5.56 Å². The number of aryl methyl sites for hydroxylation is 1. The fraction of sp³-hybridized carbons (Fsp3) is 0.385. The van der Waals surface area contributed by atoms with E-state index in [1.54, 1.807) is 6.92 Å². The van der Waals surface area contributed by atoms with Crippen molar-refractivity contribution < 1.29 is 19.6 Å². The number of carbonyl (C=O) groups excluding carboxylic acids is 1. The molecule has 1 saturated carbocycles. The van der Waals surface area contributed by atoms with Gasteiger partial charge < -0.3 is 10.4 Å². The predicted molar refractivity (Wildman–Crippen MR) is 69.4 cm³/mol. The van der Waals surface area contributed by atoms with E-state index in [9.17, 15) is 19.7 Å². The molecule has 1 amide bonds. The van der Waals surface area contributed by atoms with Crippen LogP contribution in [0.5, 0.6) is 0 Å². The van der Waals surface area contributed by atoms with E-state index in [-0.39, 0.29) is 17.2 Å². The minimum absolute atomic E-state index is 0.0187. The molecule has 2 rings (SSSR count). The van der Waals surface area contributed by atoms with E-state index >= 15 is 0 Å². The monoisotopic (exact) mass is 278 g/mol. The van der Waals surface area contributed by atoms with Gasteiger partial charge in [0, 0.05) is 17.7 Å². The highest BCUT2D eigenvalue weighted by atomic mass is 16.6. The van der Waals surface area contributed by atoms with Gasteiger partial charge in [0.1, 0.15) is 6.04 Å². The molecule has 1 aliphatic rings. The summed E-state index contributed by atoms with van der Waals surface area (Å²) in [6.07, 6.45) is 1.58. The molecule has 0 saturated heterocycles. The summed E-state index contributed by atoms with van der Waals surface area (Å²) >= 11 is 0. The van der Waals surface area contributed by atoms with Gasteiger partial charge in [0.25, 0.3) is 11.6 Å². The van der Waals surface area contributed by atoms with Crippen molar-refractivity contribution in [2.24, 2.45) is 5.92 Å². The molecule has 7 heteroatoms. The number of nitro benzene ring substituents is 1. The number of nitro groups is 1. The molecule has 7 nitrogen and oxygen atoms in total. The van der Waals surface area contributed by atoms with Crippen molar-refractivity contribution in [1.82, 2.24) is 5.32 Å². The Labute approximate surface area is 114 Å². The second kappa shape index (κ2) is 5.28. The Morgan fingerprint density at radius 1 is 1.45 bits per heavy atom. The Bertz CT molecular complexity index is 580. The molecule has 20 heavy (non-hydrogen) atoms. The number of carboxylic acids is 1. The normalized spacial score (nSPS) is 15.4. The van der Waals surface area contributed by atoms with Gasteiger partial charge in [0.15, 0.2) is 0 Å². The van der Waals surface area contributed by atoms with Crippen molar-refractivity contribution in [3.63, 3.8) is 0 Å². The quantitative estimate of drug-likeness (QED) is 0.626. The topological polar surface area (TPSA) is 110 Å². The van der Waals surface area contributed by atoms with Gasteiger partial charge in [0.05, 0.1) is 4.92 Å². The summed E-state index contributed by atoms with van der Waals surface area (Å²) in [5.74, 6) is -1.59. The minimum atomic E-state index is -1.06. The van der Waals surface area contributed by atoms with Gasteiger partial charge >= 0.3 is 5.97 Å². The van der Waals surface area contributed by atoms with Gasteiger partial charge in [-0.3, -0.25) is 14.9 Å². The number of nitrogens with one attached hydrogen (secondary N) is 1. The molecule has 1 aromatic rings. The molecule has 1 unspecified atom stereocenters. The van der Waals surface area contributed by atoms with Crippen LogP contribution in [0.3, 0.4) is 0 Å². The average Bonchev–Trinajstić information content (AvgIpc) is 3.19. The van der Waals surface area contributed by atoms with Crippen LogP contribution in [0, 0.1) is 23.0 Å². The highest BCUT2D eigenvalue weighted by Gasteiger charge is 2.37. The number of aliphatic carboxylic acids is 1. The highest BCUT2D eigenvalue weighted by molar-refractivity contribution is 5.98. The molecule has 2 N–H and O–H groups in total. The van der Waals surface area contributed by atoms with E-state index in [2.05, 4.69) is 5.32 Å². The lowest BCUT2D eigenvalue weighted by Crippen LogP contribution is -2.42. The van der Waals surface area contributed by atoms with E-state index in [0.717, 1.165) is 12.8 Å². The summed E-state index contributed by atoms with van der Waals surface area (Å²) in [6.45, 7) is 1.58. The van der Waals surface area contributed by atoms with E-state index < -0.39 is 22.8 Å². The molecule has 1 atom stereocenters. The Hall–Kier alpha value is -2.44. The third-order valence-corrected chi connectivity index (χ3v) is 3.31. The number of hydrogen-bond acceptors (Lipinski definition) is 4. The Balaban J connectivity index is 2.16. The van der Waals surface area contributed by atoms with Crippen LogP contribution in [0.4, 0.5) is 5.69 Å². The highest BCUT2D eigenvalue weighted by Crippen LogP contribution is 2.33. The molecule has 106 valence electrons. The molecule has 0 heterocycles. The van der Waals surface area contributed by atoms with Crippen LogP contribution < -0.4 is 5.32 Å². The van der Waals surface area contributed by atoms with Gasteiger partial charge in [-0.25, -0.2) is 4.79 Å². The Kier molecular flexibility index (Phi) is 3.69. The fourth-order valence-electron chi connectivity index (χ4n) is 2.05. The smallest absolute Gasteiger partial charge is 0.326 e. The van der Waals surface area contributed by atoms with E-state index in [4.69, 9.17) is 5.11 Å². The third-order valence-electron chi connectivity index (χ3n) is 3.31. The summed E-state index contributed by atoms with van der Waals surface area (Å²) in [4.78, 5) is 33.2. The van der Waals surface area contributed by atoms with Gasteiger partial charge in [-0.1, -0.05) is 0 Å². The third kappa shape index (κ3) is 2.93. The number of non-ortho nitro benzene ring substituents is 1. The van der Waals surface area contributed by atoms with Crippen molar-refractivity contribution in [3.05, 3.63) is 39.4 Å². The number of hydrogen-bond donors (Lipinski definition) is 2. The lowest BCUT2D eigenvalue weighted by atomic mass is 10.1. The molecule has 0 radical (unpaired) electrons. The van der Waals surface area contributed by atoms with Crippen LogP contribution in [-0.4, -0.2) is 27.9 Å². The van der Waals surface area contributed by atoms with Crippen LogP contribution >= 0.6 is 0 Å². The van der Waals surface area contributed by atoms with Gasteiger partial charge in [-0.05, 0) is 37.3 Å². The van der Waals surface area contributed by atoms with Gasteiger partial charge in [0.2, 0.25) is 0 Å². The van der Waals surface area contributed by atoms with Crippen molar-refractivity contribution >= 4 is 17.6 Å². The zero-order valence-corrected chi connectivity index (χ0v) is 10.8. The van der Waals surface area contributed by atoms with Crippen molar-refractivity contribution in [1.29, 1.82) is 0 Å². The molecular weight excluding hydrogens is 264 g/mol. The fourth-order valence-corrected chi connectivity index (χ4v) is 2.05. The number of carbonyl (C=O) groups is 2. The van der Waals surface area contributed by atoms with Crippen LogP contribution in [-0.2, 0) is 4.79 Å². The Morgan fingerprint density at radius 2 is 2.10 bits per heavy atom. The van der Waals surface area contributed by atoms with Crippen LogP contribution in [0.2, 0.25) is 0 Å².